The molecule has 1 heterocycles. The van der Waals surface area contributed by atoms with Gasteiger partial charge in [0, 0.05) is 13.1 Å². The van der Waals surface area contributed by atoms with Crippen LogP contribution in [-0.2, 0) is 16.0 Å². The molecule has 0 saturated heterocycles. The van der Waals surface area contributed by atoms with Gasteiger partial charge in [-0.3, -0.25) is 4.79 Å². The Morgan fingerprint density at radius 2 is 2.17 bits per heavy atom. The van der Waals surface area contributed by atoms with Gasteiger partial charge in [-0.2, -0.15) is 0 Å². The van der Waals surface area contributed by atoms with Crippen molar-refractivity contribution in [3.63, 3.8) is 0 Å². The number of fused-ring (bicyclic) bond motifs is 1. The summed E-state index contributed by atoms with van der Waals surface area (Å²) in [6, 6.07) is 9.67. The molecule has 1 amide bonds. The Morgan fingerprint density at radius 1 is 1.38 bits per heavy atom. The van der Waals surface area contributed by atoms with Crippen molar-refractivity contribution >= 4 is 11.9 Å². The summed E-state index contributed by atoms with van der Waals surface area (Å²) in [5.74, 6) is -0.909. The normalized spacial score (nSPS) is 16.3. The maximum absolute atomic E-state index is 12.4. The molecule has 1 aliphatic rings. The summed E-state index contributed by atoms with van der Waals surface area (Å²) < 4.78 is 9.87. The predicted octanol–water partition coefficient (Wildman–Crippen LogP) is 2.68. The molecule has 0 fully saturated rings. The van der Waals surface area contributed by atoms with E-state index in [1.54, 1.807) is 18.9 Å². The van der Waals surface area contributed by atoms with E-state index in [4.69, 9.17) is 9.26 Å². The first-order valence-corrected chi connectivity index (χ1v) is 8.00. The van der Waals surface area contributed by atoms with Crippen LogP contribution in [0.2, 0.25) is 0 Å². The van der Waals surface area contributed by atoms with E-state index in [1.807, 2.05) is 12.1 Å². The van der Waals surface area contributed by atoms with E-state index >= 15 is 0 Å². The Hall–Kier alpha value is -2.63. The average Bonchev–Trinajstić information content (AvgIpc) is 3.04. The molecule has 1 aromatic heterocycles. The number of ether oxygens (including phenoxy) is 1. The lowest BCUT2D eigenvalue weighted by Crippen LogP contribution is -2.36. The van der Waals surface area contributed by atoms with Gasteiger partial charge in [0.2, 0.25) is 5.76 Å². The molecule has 0 spiro atoms. The van der Waals surface area contributed by atoms with Gasteiger partial charge in [0.05, 0.1) is 11.7 Å². The van der Waals surface area contributed by atoms with Gasteiger partial charge >= 0.3 is 5.97 Å². The van der Waals surface area contributed by atoms with Crippen LogP contribution in [0.5, 0.6) is 0 Å². The Bertz CT molecular complexity index is 753. The summed E-state index contributed by atoms with van der Waals surface area (Å²) in [6.07, 6.45) is 2.99. The minimum Gasteiger partial charge on any atom is -0.450 e. The molecule has 1 atom stereocenters. The van der Waals surface area contributed by atoms with E-state index < -0.39 is 5.97 Å². The zero-order valence-corrected chi connectivity index (χ0v) is 13.8. The van der Waals surface area contributed by atoms with E-state index in [0.717, 1.165) is 19.3 Å². The van der Waals surface area contributed by atoms with E-state index in [-0.39, 0.29) is 24.3 Å². The van der Waals surface area contributed by atoms with Gasteiger partial charge in [0.25, 0.3) is 5.91 Å². The van der Waals surface area contributed by atoms with Crippen LogP contribution < -0.4 is 0 Å². The molecular weight excluding hydrogens is 308 g/mol. The van der Waals surface area contributed by atoms with Crippen molar-refractivity contribution in [1.29, 1.82) is 0 Å². The number of esters is 1. The minimum atomic E-state index is -0.679. The van der Waals surface area contributed by atoms with E-state index in [1.165, 1.54) is 17.2 Å². The number of aromatic nitrogens is 1. The largest absolute Gasteiger partial charge is 0.450 e. The number of carbonyl (C=O) groups is 2. The van der Waals surface area contributed by atoms with Crippen molar-refractivity contribution < 1.29 is 18.8 Å². The lowest BCUT2D eigenvalue weighted by atomic mass is 9.87. The highest BCUT2D eigenvalue weighted by Crippen LogP contribution is 2.33. The van der Waals surface area contributed by atoms with Gasteiger partial charge in [-0.05, 0) is 37.3 Å². The molecule has 126 valence electrons. The molecule has 0 saturated carbocycles. The van der Waals surface area contributed by atoms with Crippen LogP contribution in [0, 0.1) is 6.92 Å². The highest BCUT2D eigenvalue weighted by atomic mass is 16.6. The Labute approximate surface area is 140 Å². The molecule has 1 aliphatic carbocycles. The average molecular weight is 328 g/mol. The van der Waals surface area contributed by atoms with Crippen LogP contribution in [0.25, 0.3) is 0 Å². The standard InChI is InChI=1S/C18H20N2O4/c1-12-10-16(24-19-12)18(22)23-11-17(21)20(2)15-9-5-7-13-6-3-4-8-14(13)15/h3-4,6,8,10,15H,5,7,9,11H2,1-2H3/t15-/m0/s1. The van der Waals surface area contributed by atoms with Crippen molar-refractivity contribution in [3.8, 4) is 0 Å². The van der Waals surface area contributed by atoms with Crippen molar-refractivity contribution in [3.05, 3.63) is 52.9 Å². The third-order valence-electron chi connectivity index (χ3n) is 4.35. The van der Waals surface area contributed by atoms with Gasteiger partial charge in [0.1, 0.15) is 0 Å². The van der Waals surface area contributed by atoms with Crippen LogP contribution in [-0.4, -0.2) is 35.6 Å². The summed E-state index contributed by atoms with van der Waals surface area (Å²) in [5, 5.41) is 3.63. The molecule has 1 aromatic carbocycles. The van der Waals surface area contributed by atoms with Gasteiger partial charge in [-0.15, -0.1) is 0 Å². The Balaban J connectivity index is 1.62. The molecule has 6 nitrogen and oxygen atoms in total. The number of hydrogen-bond donors (Lipinski definition) is 0. The molecule has 0 N–H and O–H groups in total. The van der Waals surface area contributed by atoms with Gasteiger partial charge in [-0.1, -0.05) is 29.4 Å². The number of carbonyl (C=O) groups excluding carboxylic acids is 2. The Kier molecular flexibility index (Phi) is 4.64. The summed E-state index contributed by atoms with van der Waals surface area (Å²) in [4.78, 5) is 25.9. The predicted molar refractivity (Wildman–Crippen MR) is 86.4 cm³/mol. The second-order valence-electron chi connectivity index (χ2n) is 6.02. The van der Waals surface area contributed by atoms with Crippen molar-refractivity contribution in [2.24, 2.45) is 0 Å². The van der Waals surface area contributed by atoms with Crippen LogP contribution in [0.1, 0.15) is 46.3 Å². The first-order chi connectivity index (χ1) is 11.6. The second kappa shape index (κ2) is 6.86. The number of hydrogen-bond acceptors (Lipinski definition) is 5. The topological polar surface area (TPSA) is 72.6 Å². The first-order valence-electron chi connectivity index (χ1n) is 8.00. The number of likely N-dealkylation sites (N-methyl/N-ethyl adjacent to an activating group) is 1. The maximum atomic E-state index is 12.4. The van der Waals surface area contributed by atoms with E-state index in [9.17, 15) is 9.59 Å². The molecule has 0 aliphatic heterocycles. The molecule has 24 heavy (non-hydrogen) atoms. The minimum absolute atomic E-state index is 0.00552. The summed E-state index contributed by atoms with van der Waals surface area (Å²) in [6.45, 7) is 1.40. The van der Waals surface area contributed by atoms with Crippen LogP contribution in [0.15, 0.2) is 34.9 Å². The number of nitrogens with zero attached hydrogens (tertiary/aromatic N) is 2. The highest BCUT2D eigenvalue weighted by Gasteiger charge is 2.27. The SMILES string of the molecule is Cc1cc(C(=O)OCC(=O)N(C)[C@H]2CCCc3ccccc32)on1. The molecule has 0 unspecified atom stereocenters. The number of aryl methyl sites for hydroxylation is 2. The van der Waals surface area contributed by atoms with Gasteiger partial charge < -0.3 is 14.2 Å². The van der Waals surface area contributed by atoms with Gasteiger partial charge in [-0.25, -0.2) is 4.79 Å². The number of rotatable bonds is 4. The summed E-state index contributed by atoms with van der Waals surface area (Å²) >= 11 is 0. The first kappa shape index (κ1) is 16.2. The zero-order chi connectivity index (χ0) is 17.1. The molecule has 0 radical (unpaired) electrons. The number of amides is 1. The maximum Gasteiger partial charge on any atom is 0.377 e. The molecular formula is C18H20N2O4. The van der Waals surface area contributed by atoms with E-state index in [2.05, 4.69) is 17.3 Å². The fraction of sp³-hybridized carbons (Fsp3) is 0.389. The van der Waals surface area contributed by atoms with Crippen LogP contribution in [0.4, 0.5) is 0 Å². The number of benzene rings is 1. The van der Waals surface area contributed by atoms with Crippen molar-refractivity contribution in [2.75, 3.05) is 13.7 Å². The smallest absolute Gasteiger partial charge is 0.377 e. The van der Waals surface area contributed by atoms with E-state index in [0.29, 0.717) is 5.69 Å². The third kappa shape index (κ3) is 3.32. The second-order valence-corrected chi connectivity index (χ2v) is 6.02. The van der Waals surface area contributed by atoms with Gasteiger partial charge in [0.15, 0.2) is 6.61 Å². The molecule has 6 heteroatoms. The molecule has 0 bridgehead atoms. The molecule has 2 aromatic rings. The van der Waals surface area contributed by atoms with Crippen LogP contribution >= 0.6 is 0 Å². The molecule has 3 rings (SSSR count). The summed E-state index contributed by atoms with van der Waals surface area (Å²) in [7, 11) is 1.75. The Morgan fingerprint density at radius 3 is 2.92 bits per heavy atom. The quantitative estimate of drug-likeness (QED) is 0.807. The fourth-order valence-electron chi connectivity index (χ4n) is 3.06. The lowest BCUT2D eigenvalue weighted by Gasteiger charge is -2.33. The third-order valence-corrected chi connectivity index (χ3v) is 4.35. The van der Waals surface area contributed by atoms with Crippen molar-refractivity contribution in [1.82, 2.24) is 10.1 Å². The zero-order valence-electron chi connectivity index (χ0n) is 13.8. The highest BCUT2D eigenvalue weighted by molar-refractivity contribution is 5.88. The van der Waals surface area contributed by atoms with Crippen LogP contribution in [0.3, 0.4) is 0 Å². The lowest BCUT2D eigenvalue weighted by molar-refractivity contribution is -0.135. The van der Waals surface area contributed by atoms with Crippen molar-refractivity contribution in [2.45, 2.75) is 32.2 Å². The monoisotopic (exact) mass is 328 g/mol. The summed E-state index contributed by atoms with van der Waals surface area (Å²) in [5.41, 5.74) is 3.04. The fourth-order valence-corrected chi connectivity index (χ4v) is 3.06.